The third-order valence-corrected chi connectivity index (χ3v) is 12.6. The van der Waals surface area contributed by atoms with E-state index in [9.17, 15) is 19.2 Å². The second-order valence-electron chi connectivity index (χ2n) is 16.7. The van der Waals surface area contributed by atoms with Gasteiger partial charge in [-0.2, -0.15) is 0 Å². The standard InChI is InChI=1S/C47H55Cl2N7O9/c1-27(44(58)51-14-13-50-40(57)25-56-17-15-55(6)16-18-56)26-63-30-21-36(61-7)32(37(22-30)62-8)24-52-45(59)31-23-35(48)42-41(43(31)49)46(60)65-47(42)33-11-9-28(53(2)3)19-38(33)64-39-20-29(54(4)5)10-12-34(39)47/h9-12,19-23,27H,13-18,24-26H2,1-8H3,(H,50,57)(H,51,58)(H,52,59). The molecule has 16 nitrogen and oxygen atoms in total. The van der Waals surface area contributed by atoms with Crippen LogP contribution in [0.5, 0.6) is 28.7 Å². The number of esters is 1. The number of carbonyl (C=O) groups is 4. The Kier molecular flexibility index (Phi) is 14.2. The largest absolute Gasteiger partial charge is 0.496 e. The lowest BCUT2D eigenvalue weighted by Crippen LogP contribution is -2.48. The van der Waals surface area contributed by atoms with Crippen LogP contribution in [0.25, 0.3) is 0 Å². The fourth-order valence-electron chi connectivity index (χ4n) is 8.15. The van der Waals surface area contributed by atoms with Gasteiger partial charge in [-0.3, -0.25) is 19.3 Å². The van der Waals surface area contributed by atoms with Crippen molar-refractivity contribution in [3.8, 4) is 28.7 Å². The van der Waals surface area contributed by atoms with Crippen LogP contribution in [0.1, 0.15) is 49.9 Å². The summed E-state index contributed by atoms with van der Waals surface area (Å²) in [4.78, 5) is 61.5. The number of fused-ring (bicyclic) bond motifs is 6. The number of piperazine rings is 1. The molecule has 1 saturated heterocycles. The summed E-state index contributed by atoms with van der Waals surface area (Å²) < 4.78 is 30.2. The minimum absolute atomic E-state index is 0.0282. The molecule has 3 N–H and O–H groups in total. The molecule has 0 bridgehead atoms. The van der Waals surface area contributed by atoms with E-state index in [1.165, 1.54) is 20.3 Å². The average Bonchev–Trinajstić information content (AvgIpc) is 3.60. The number of likely N-dealkylation sites (N-methyl/N-ethyl adjacent to an activating group) is 1. The number of nitrogens with one attached hydrogen (secondary N) is 3. The summed E-state index contributed by atoms with van der Waals surface area (Å²) >= 11 is 14.1. The zero-order valence-electron chi connectivity index (χ0n) is 37.9. The zero-order chi connectivity index (χ0) is 46.7. The molecular formula is C47H55Cl2N7O9. The van der Waals surface area contributed by atoms with Crippen LogP contribution in [0.3, 0.4) is 0 Å². The predicted octanol–water partition coefficient (Wildman–Crippen LogP) is 5.14. The van der Waals surface area contributed by atoms with E-state index in [0.29, 0.717) is 64.1 Å². The quantitative estimate of drug-likeness (QED) is 0.100. The monoisotopic (exact) mass is 931 g/mol. The third-order valence-electron chi connectivity index (χ3n) is 11.9. The third kappa shape index (κ3) is 9.57. The van der Waals surface area contributed by atoms with Crippen molar-refractivity contribution in [2.75, 3.05) is 112 Å². The molecule has 0 saturated carbocycles. The highest BCUT2D eigenvalue weighted by molar-refractivity contribution is 6.39. The highest BCUT2D eigenvalue weighted by atomic mass is 35.5. The van der Waals surface area contributed by atoms with Crippen LogP contribution in [0.2, 0.25) is 10.0 Å². The Hall–Kier alpha value is -5.94. The maximum atomic E-state index is 14.1. The summed E-state index contributed by atoms with van der Waals surface area (Å²) in [5.41, 5.74) is 2.02. The van der Waals surface area contributed by atoms with Gasteiger partial charge in [-0.1, -0.05) is 30.1 Å². The van der Waals surface area contributed by atoms with E-state index >= 15 is 0 Å². The number of anilines is 2. The van der Waals surface area contributed by atoms with Crippen LogP contribution in [-0.2, 0) is 26.5 Å². The number of hydrogen-bond donors (Lipinski definition) is 3. The number of halogens is 2. The van der Waals surface area contributed by atoms with Crippen molar-refractivity contribution < 1.29 is 42.9 Å². The number of nitrogens with zero attached hydrogens (tertiary/aromatic N) is 4. The summed E-state index contributed by atoms with van der Waals surface area (Å²) in [5, 5.41) is 8.54. The van der Waals surface area contributed by atoms with Crippen molar-refractivity contribution in [3.05, 3.63) is 98.0 Å². The van der Waals surface area contributed by atoms with Crippen molar-refractivity contribution in [2.24, 2.45) is 5.92 Å². The van der Waals surface area contributed by atoms with Gasteiger partial charge in [0.15, 0.2) is 5.60 Å². The van der Waals surface area contributed by atoms with Crippen molar-refractivity contribution in [3.63, 3.8) is 0 Å². The van der Waals surface area contributed by atoms with E-state index in [-0.39, 0.29) is 52.7 Å². The predicted molar refractivity (Wildman–Crippen MR) is 249 cm³/mol. The van der Waals surface area contributed by atoms with Crippen molar-refractivity contribution in [1.82, 2.24) is 25.8 Å². The Morgan fingerprint density at radius 3 is 1.98 bits per heavy atom. The molecule has 3 aliphatic heterocycles. The molecule has 0 aromatic heterocycles. The van der Waals surface area contributed by atoms with E-state index in [2.05, 4.69) is 32.8 Å². The smallest absolute Gasteiger partial charge is 0.341 e. The van der Waals surface area contributed by atoms with Gasteiger partial charge in [-0.05, 0) is 37.4 Å². The molecule has 0 aliphatic carbocycles. The lowest BCUT2D eigenvalue weighted by atomic mass is 9.77. The van der Waals surface area contributed by atoms with Crippen LogP contribution < -0.4 is 44.7 Å². The minimum Gasteiger partial charge on any atom is -0.496 e. The minimum atomic E-state index is -1.53. The van der Waals surface area contributed by atoms with Gasteiger partial charge in [-0.15, -0.1) is 0 Å². The molecule has 7 rings (SSSR count). The Labute approximate surface area is 388 Å². The lowest BCUT2D eigenvalue weighted by Gasteiger charge is -2.37. The fourth-order valence-corrected chi connectivity index (χ4v) is 8.79. The van der Waals surface area contributed by atoms with Crippen LogP contribution in [0, 0.1) is 5.92 Å². The normalized spacial score (nSPS) is 15.4. The highest BCUT2D eigenvalue weighted by Crippen LogP contribution is 2.59. The molecule has 1 fully saturated rings. The van der Waals surface area contributed by atoms with Gasteiger partial charge < -0.3 is 54.3 Å². The molecular weight excluding hydrogens is 877 g/mol. The van der Waals surface area contributed by atoms with Gasteiger partial charge in [-0.25, -0.2) is 4.79 Å². The number of amides is 3. The van der Waals surface area contributed by atoms with Crippen molar-refractivity contribution in [1.29, 1.82) is 0 Å². The summed E-state index contributed by atoms with van der Waals surface area (Å²) in [6.45, 7) is 6.18. The number of carbonyl (C=O) groups excluding carboxylic acids is 4. The van der Waals surface area contributed by atoms with Gasteiger partial charge in [0.2, 0.25) is 11.8 Å². The number of ether oxygens (including phenoxy) is 5. The van der Waals surface area contributed by atoms with Crippen molar-refractivity contribution >= 4 is 58.3 Å². The number of rotatable bonds is 16. The van der Waals surface area contributed by atoms with E-state index in [1.54, 1.807) is 19.1 Å². The second-order valence-corrected chi connectivity index (χ2v) is 17.5. The van der Waals surface area contributed by atoms with Crippen LogP contribution in [-0.4, -0.2) is 135 Å². The molecule has 4 aromatic carbocycles. The fraction of sp³-hybridized carbons (Fsp3) is 0.404. The second kappa shape index (κ2) is 19.7. The van der Waals surface area contributed by atoms with Crippen LogP contribution in [0.15, 0.2) is 54.6 Å². The van der Waals surface area contributed by atoms with Crippen LogP contribution in [0.4, 0.5) is 11.4 Å². The molecule has 3 amide bonds. The zero-order valence-corrected chi connectivity index (χ0v) is 39.4. The van der Waals surface area contributed by atoms with Gasteiger partial charge in [0.05, 0.1) is 66.6 Å². The van der Waals surface area contributed by atoms with Gasteiger partial charge >= 0.3 is 5.97 Å². The Morgan fingerprint density at radius 2 is 1.42 bits per heavy atom. The first kappa shape index (κ1) is 47.0. The Morgan fingerprint density at radius 1 is 0.831 bits per heavy atom. The van der Waals surface area contributed by atoms with Crippen molar-refractivity contribution in [2.45, 2.75) is 19.1 Å². The molecule has 65 heavy (non-hydrogen) atoms. The molecule has 18 heteroatoms. The molecule has 1 atom stereocenters. The SMILES string of the molecule is COc1cc(OCC(C)C(=O)NCCNC(=O)CN2CCN(C)CC2)cc(OC)c1CNC(=O)c1cc(Cl)c2c(c1Cl)C(=O)OC21c2ccc(N(C)C)cc2Oc2cc(N(C)C)ccc21. The van der Waals surface area contributed by atoms with E-state index in [4.69, 9.17) is 46.9 Å². The topological polar surface area (TPSA) is 163 Å². The summed E-state index contributed by atoms with van der Waals surface area (Å²) in [6.07, 6.45) is 0. The van der Waals surface area contributed by atoms with E-state index in [0.717, 1.165) is 37.6 Å². The molecule has 1 spiro atoms. The highest BCUT2D eigenvalue weighted by Gasteiger charge is 2.56. The summed E-state index contributed by atoms with van der Waals surface area (Å²) in [7, 11) is 12.7. The Bertz CT molecular complexity index is 2410. The van der Waals surface area contributed by atoms with E-state index < -0.39 is 23.4 Å². The summed E-state index contributed by atoms with van der Waals surface area (Å²) in [6, 6.07) is 15.9. The summed E-state index contributed by atoms with van der Waals surface area (Å²) in [5.74, 6) is -0.188. The lowest BCUT2D eigenvalue weighted by molar-refractivity contribution is -0.126. The average molecular weight is 933 g/mol. The first-order valence-corrected chi connectivity index (χ1v) is 22.0. The van der Waals surface area contributed by atoms with Crippen LogP contribution >= 0.6 is 23.2 Å². The van der Waals surface area contributed by atoms with Gasteiger partial charge in [0, 0.05) is 120 Å². The molecule has 4 aromatic rings. The molecule has 3 heterocycles. The first-order valence-electron chi connectivity index (χ1n) is 21.2. The maximum Gasteiger partial charge on any atom is 0.341 e. The maximum absolute atomic E-state index is 14.1. The van der Waals surface area contributed by atoms with Gasteiger partial charge in [0.1, 0.15) is 28.7 Å². The van der Waals surface area contributed by atoms with E-state index in [1.807, 2.05) is 74.4 Å². The number of hydrogen-bond acceptors (Lipinski definition) is 13. The number of benzene rings is 4. The first-order chi connectivity index (χ1) is 31.1. The van der Waals surface area contributed by atoms with Gasteiger partial charge in [0.25, 0.3) is 5.91 Å². The molecule has 1 unspecified atom stereocenters. The molecule has 0 radical (unpaired) electrons. The Balaban J connectivity index is 1.04. The molecule has 346 valence electrons. The molecule has 3 aliphatic rings. The number of methoxy groups -OCH3 is 2.